The van der Waals surface area contributed by atoms with E-state index in [1.54, 1.807) is 12.1 Å². The topological polar surface area (TPSA) is 90.1 Å². The van der Waals surface area contributed by atoms with Gasteiger partial charge in [-0.3, -0.25) is 4.79 Å². The van der Waals surface area contributed by atoms with Gasteiger partial charge in [-0.15, -0.1) is 24.0 Å². The minimum absolute atomic E-state index is 0. The summed E-state index contributed by atoms with van der Waals surface area (Å²) in [4.78, 5) is 18.7. The summed E-state index contributed by atoms with van der Waals surface area (Å²) >= 11 is 0. The van der Waals surface area contributed by atoms with Gasteiger partial charge in [-0.2, -0.15) is 0 Å². The third kappa shape index (κ3) is 5.96. The fraction of sp³-hybridized carbons (Fsp3) is 0.368. The summed E-state index contributed by atoms with van der Waals surface area (Å²) < 4.78 is 5.08. The van der Waals surface area contributed by atoms with Crippen molar-refractivity contribution in [1.29, 1.82) is 0 Å². The number of furan rings is 1. The van der Waals surface area contributed by atoms with E-state index in [-0.39, 0.29) is 41.7 Å². The zero-order chi connectivity index (χ0) is 18.4. The van der Waals surface area contributed by atoms with Crippen molar-refractivity contribution in [1.82, 2.24) is 10.2 Å². The molecule has 0 unspecified atom stereocenters. The monoisotopic (exact) mass is 484 g/mol. The molecule has 1 aliphatic rings. The molecule has 1 aromatic carbocycles. The maximum absolute atomic E-state index is 12.0. The molecule has 0 saturated carbocycles. The molecule has 1 aromatic heterocycles. The van der Waals surface area contributed by atoms with Crippen molar-refractivity contribution in [2.45, 2.75) is 26.0 Å². The highest BCUT2D eigenvalue weighted by atomic mass is 127. The molecule has 0 spiro atoms. The van der Waals surface area contributed by atoms with Crippen LogP contribution in [-0.2, 0) is 6.54 Å². The number of carbonyl (C=O) groups excluding carboxylic acids is 1. The number of nitrogens with zero attached hydrogens (tertiary/aromatic N) is 2. The van der Waals surface area contributed by atoms with Crippen molar-refractivity contribution in [3.8, 4) is 0 Å². The van der Waals surface area contributed by atoms with Gasteiger partial charge >= 0.3 is 0 Å². The molecule has 0 aliphatic carbocycles. The Morgan fingerprint density at radius 1 is 1.33 bits per heavy atom. The number of aliphatic imine (C=N–C) groups is 1. The average Bonchev–Trinajstić information content (AvgIpc) is 3.31. The fourth-order valence-electron chi connectivity index (χ4n) is 2.82. The normalized spacial score (nSPS) is 16.7. The number of hydrogen-bond acceptors (Lipinski definition) is 4. The van der Waals surface area contributed by atoms with E-state index in [2.05, 4.69) is 20.5 Å². The molecule has 1 saturated heterocycles. The average molecular weight is 484 g/mol. The van der Waals surface area contributed by atoms with E-state index < -0.39 is 0 Å². The second-order valence-corrected chi connectivity index (χ2v) is 6.19. The van der Waals surface area contributed by atoms with Crippen molar-refractivity contribution in [3.63, 3.8) is 0 Å². The third-order valence-corrected chi connectivity index (χ3v) is 4.17. The van der Waals surface area contributed by atoms with Gasteiger partial charge in [0.1, 0.15) is 0 Å². The lowest BCUT2D eigenvalue weighted by Crippen LogP contribution is -2.40. The lowest BCUT2D eigenvalue weighted by Gasteiger charge is -2.20. The fourth-order valence-corrected chi connectivity index (χ4v) is 2.82. The van der Waals surface area contributed by atoms with E-state index in [9.17, 15) is 9.90 Å². The maximum atomic E-state index is 12.0. The van der Waals surface area contributed by atoms with Crippen LogP contribution < -0.4 is 10.6 Å². The third-order valence-electron chi connectivity index (χ3n) is 4.17. The molecule has 2 heterocycles. The molecular formula is C19H25IN4O3. The van der Waals surface area contributed by atoms with Crippen LogP contribution in [0.15, 0.2) is 52.1 Å². The van der Waals surface area contributed by atoms with Crippen LogP contribution in [0.25, 0.3) is 0 Å². The SMILES string of the molecule is CCNC(=NCc1ccc(NC(=O)c2ccco2)cc1)N1CC[C@@H](O)C1.I. The van der Waals surface area contributed by atoms with Crippen LogP contribution in [0.3, 0.4) is 0 Å². The molecule has 3 rings (SSSR count). The number of β-amino-alcohol motifs (C(OH)–C–C–N with tert-alkyl or cyclic N) is 1. The minimum atomic E-state index is -0.282. The van der Waals surface area contributed by atoms with E-state index in [0.29, 0.717) is 18.8 Å². The molecule has 0 radical (unpaired) electrons. The van der Waals surface area contributed by atoms with Gasteiger partial charge in [0.2, 0.25) is 0 Å². The summed E-state index contributed by atoms with van der Waals surface area (Å²) in [5.41, 5.74) is 1.74. The van der Waals surface area contributed by atoms with Gasteiger partial charge in [-0.25, -0.2) is 4.99 Å². The molecule has 7 nitrogen and oxygen atoms in total. The number of aliphatic hydroxyl groups is 1. The zero-order valence-electron chi connectivity index (χ0n) is 15.2. The molecule has 1 amide bonds. The van der Waals surface area contributed by atoms with Crippen LogP contribution in [0.5, 0.6) is 0 Å². The highest BCUT2D eigenvalue weighted by Crippen LogP contribution is 2.13. The van der Waals surface area contributed by atoms with Gasteiger partial charge in [0, 0.05) is 25.3 Å². The molecule has 1 fully saturated rings. The summed E-state index contributed by atoms with van der Waals surface area (Å²) in [7, 11) is 0. The Labute approximate surface area is 175 Å². The molecule has 27 heavy (non-hydrogen) atoms. The van der Waals surface area contributed by atoms with Gasteiger partial charge in [0.15, 0.2) is 11.7 Å². The van der Waals surface area contributed by atoms with Crippen LogP contribution in [0.1, 0.15) is 29.5 Å². The first-order valence-corrected chi connectivity index (χ1v) is 8.81. The number of halogens is 1. The summed E-state index contributed by atoms with van der Waals surface area (Å²) in [5, 5.41) is 15.8. The maximum Gasteiger partial charge on any atom is 0.291 e. The summed E-state index contributed by atoms with van der Waals surface area (Å²) in [6.45, 7) is 4.76. The predicted octanol–water partition coefficient (Wildman–Crippen LogP) is 2.68. The molecule has 2 aromatic rings. The Morgan fingerprint density at radius 3 is 2.70 bits per heavy atom. The van der Waals surface area contributed by atoms with E-state index in [4.69, 9.17) is 4.42 Å². The number of likely N-dealkylation sites (tertiary alicyclic amines) is 1. The van der Waals surface area contributed by atoms with Gasteiger partial charge in [-0.05, 0) is 43.2 Å². The van der Waals surface area contributed by atoms with Gasteiger partial charge < -0.3 is 25.1 Å². The summed E-state index contributed by atoms with van der Waals surface area (Å²) in [6.07, 6.45) is 1.96. The van der Waals surface area contributed by atoms with Crippen molar-refractivity contribution < 1.29 is 14.3 Å². The first-order chi connectivity index (χ1) is 12.7. The molecule has 146 valence electrons. The van der Waals surface area contributed by atoms with Crippen molar-refractivity contribution in [3.05, 3.63) is 54.0 Å². The van der Waals surface area contributed by atoms with Gasteiger partial charge in [-0.1, -0.05) is 12.1 Å². The number of amides is 1. The van der Waals surface area contributed by atoms with Gasteiger partial charge in [0.05, 0.1) is 18.9 Å². The Hall–Kier alpha value is -2.07. The number of nitrogens with one attached hydrogen (secondary N) is 2. The van der Waals surface area contributed by atoms with Crippen LogP contribution in [0.2, 0.25) is 0 Å². The standard InChI is InChI=1S/C19H24N4O3.HI/c1-2-20-19(23-10-9-16(24)13-23)21-12-14-5-7-15(8-6-14)22-18(25)17-4-3-11-26-17;/h3-8,11,16,24H,2,9-10,12-13H2,1H3,(H,20,21)(H,22,25);1H/t16-;/m1./s1. The number of hydrogen-bond donors (Lipinski definition) is 3. The van der Waals surface area contributed by atoms with Crippen molar-refractivity contribution >= 4 is 41.5 Å². The lowest BCUT2D eigenvalue weighted by molar-refractivity contribution is 0.0996. The first-order valence-electron chi connectivity index (χ1n) is 8.81. The highest BCUT2D eigenvalue weighted by molar-refractivity contribution is 14.0. The largest absolute Gasteiger partial charge is 0.459 e. The van der Waals surface area contributed by atoms with Crippen LogP contribution in [0.4, 0.5) is 5.69 Å². The molecule has 1 aliphatic heterocycles. The molecule has 1 atom stereocenters. The van der Waals surface area contributed by atoms with Crippen LogP contribution in [-0.4, -0.2) is 47.6 Å². The van der Waals surface area contributed by atoms with Crippen molar-refractivity contribution in [2.75, 3.05) is 25.0 Å². The number of aliphatic hydroxyl groups excluding tert-OH is 1. The van der Waals surface area contributed by atoms with E-state index >= 15 is 0 Å². The Balaban J connectivity index is 0.00000261. The molecule has 8 heteroatoms. The van der Waals surface area contributed by atoms with E-state index in [1.807, 2.05) is 31.2 Å². The van der Waals surface area contributed by atoms with E-state index in [0.717, 1.165) is 31.0 Å². The second kappa shape index (κ2) is 10.3. The summed E-state index contributed by atoms with van der Waals surface area (Å²) in [5.74, 6) is 0.823. The Kier molecular flexibility index (Phi) is 8.11. The minimum Gasteiger partial charge on any atom is -0.459 e. The number of anilines is 1. The summed E-state index contributed by atoms with van der Waals surface area (Å²) in [6, 6.07) is 10.9. The molecule has 3 N–H and O–H groups in total. The quantitative estimate of drug-likeness (QED) is 0.345. The zero-order valence-corrected chi connectivity index (χ0v) is 17.6. The smallest absolute Gasteiger partial charge is 0.291 e. The Morgan fingerprint density at radius 2 is 2.11 bits per heavy atom. The number of rotatable bonds is 5. The highest BCUT2D eigenvalue weighted by Gasteiger charge is 2.22. The molecular weight excluding hydrogens is 459 g/mol. The first kappa shape index (κ1) is 21.2. The number of carbonyl (C=O) groups is 1. The van der Waals surface area contributed by atoms with Crippen LogP contribution in [0, 0.1) is 0 Å². The van der Waals surface area contributed by atoms with E-state index in [1.165, 1.54) is 6.26 Å². The second-order valence-electron chi connectivity index (χ2n) is 6.19. The number of guanidine groups is 1. The van der Waals surface area contributed by atoms with Crippen molar-refractivity contribution in [2.24, 2.45) is 4.99 Å². The number of benzene rings is 1. The predicted molar refractivity (Wildman–Crippen MR) is 116 cm³/mol. The Bertz CT molecular complexity index is 747. The van der Waals surface area contributed by atoms with Gasteiger partial charge in [0.25, 0.3) is 5.91 Å². The van der Waals surface area contributed by atoms with Crippen LogP contribution >= 0.6 is 24.0 Å². The molecule has 0 bridgehead atoms. The lowest BCUT2D eigenvalue weighted by atomic mass is 10.2.